The zero-order valence-corrected chi connectivity index (χ0v) is 9.23. The Labute approximate surface area is 92.9 Å². The SMILES string of the molecule is CN=C(Cc1ccc(Cl)c(Cl)c1)NN. The lowest BCUT2D eigenvalue weighted by Gasteiger charge is -2.05. The van der Waals surface area contributed by atoms with Crippen LogP contribution in [0.3, 0.4) is 0 Å². The molecule has 14 heavy (non-hydrogen) atoms. The van der Waals surface area contributed by atoms with Gasteiger partial charge in [-0.3, -0.25) is 4.99 Å². The summed E-state index contributed by atoms with van der Waals surface area (Å²) in [6.07, 6.45) is 0.615. The normalized spacial score (nSPS) is 11.6. The van der Waals surface area contributed by atoms with Crippen LogP contribution in [0.25, 0.3) is 0 Å². The van der Waals surface area contributed by atoms with E-state index < -0.39 is 0 Å². The van der Waals surface area contributed by atoms with Crippen LogP contribution in [0.2, 0.25) is 10.0 Å². The molecule has 0 fully saturated rings. The van der Waals surface area contributed by atoms with Gasteiger partial charge in [-0.05, 0) is 17.7 Å². The van der Waals surface area contributed by atoms with Crippen molar-refractivity contribution < 1.29 is 0 Å². The van der Waals surface area contributed by atoms with E-state index in [0.29, 0.717) is 22.3 Å². The molecule has 0 heterocycles. The number of hydrogen-bond acceptors (Lipinski definition) is 2. The van der Waals surface area contributed by atoms with Crippen LogP contribution in [-0.2, 0) is 6.42 Å². The molecule has 3 N–H and O–H groups in total. The summed E-state index contributed by atoms with van der Waals surface area (Å²) in [5.74, 6) is 5.96. The molecule has 0 aliphatic carbocycles. The number of hydrazine groups is 1. The lowest BCUT2D eigenvalue weighted by atomic mass is 10.1. The molecule has 76 valence electrons. The summed E-state index contributed by atoms with van der Waals surface area (Å²) in [5, 5.41) is 1.09. The number of aliphatic imine (C=N–C) groups is 1. The Morgan fingerprint density at radius 3 is 2.64 bits per heavy atom. The quantitative estimate of drug-likeness (QED) is 0.354. The lowest BCUT2D eigenvalue weighted by molar-refractivity contribution is 0.981. The molecular weight excluding hydrogens is 221 g/mol. The van der Waals surface area contributed by atoms with Gasteiger partial charge < -0.3 is 5.43 Å². The Bertz CT molecular complexity index is 350. The molecule has 1 rings (SSSR count). The summed E-state index contributed by atoms with van der Waals surface area (Å²) in [5.41, 5.74) is 3.52. The molecule has 0 bridgehead atoms. The third-order valence-electron chi connectivity index (χ3n) is 1.79. The zero-order valence-electron chi connectivity index (χ0n) is 7.72. The Morgan fingerprint density at radius 1 is 1.43 bits per heavy atom. The molecule has 0 spiro atoms. The lowest BCUT2D eigenvalue weighted by Crippen LogP contribution is -2.31. The molecule has 0 amide bonds. The van der Waals surface area contributed by atoms with E-state index in [1.807, 2.05) is 6.07 Å². The van der Waals surface area contributed by atoms with E-state index >= 15 is 0 Å². The van der Waals surface area contributed by atoms with Gasteiger partial charge in [0.25, 0.3) is 0 Å². The second-order valence-electron chi connectivity index (χ2n) is 2.74. The van der Waals surface area contributed by atoms with Gasteiger partial charge in [-0.25, -0.2) is 5.84 Å². The Morgan fingerprint density at radius 2 is 2.14 bits per heavy atom. The molecule has 0 aliphatic rings. The van der Waals surface area contributed by atoms with Gasteiger partial charge in [0.05, 0.1) is 10.0 Å². The van der Waals surface area contributed by atoms with E-state index in [2.05, 4.69) is 10.4 Å². The van der Waals surface area contributed by atoms with E-state index in [1.54, 1.807) is 19.2 Å². The predicted octanol–water partition coefficient (Wildman–Crippen LogP) is 2.03. The summed E-state index contributed by atoms with van der Waals surface area (Å²) in [7, 11) is 1.67. The number of benzene rings is 1. The van der Waals surface area contributed by atoms with Crippen molar-refractivity contribution in [2.75, 3.05) is 7.05 Å². The summed E-state index contributed by atoms with van der Waals surface area (Å²) >= 11 is 11.6. The van der Waals surface area contributed by atoms with Crippen LogP contribution in [0.4, 0.5) is 0 Å². The second-order valence-corrected chi connectivity index (χ2v) is 3.55. The number of nitrogens with zero attached hydrogens (tertiary/aromatic N) is 1. The van der Waals surface area contributed by atoms with Gasteiger partial charge in [-0.2, -0.15) is 0 Å². The summed E-state index contributed by atoms with van der Waals surface area (Å²) in [6.45, 7) is 0. The molecule has 1 aromatic carbocycles. The van der Waals surface area contributed by atoms with Crippen LogP contribution in [0.1, 0.15) is 5.56 Å². The van der Waals surface area contributed by atoms with E-state index in [9.17, 15) is 0 Å². The van der Waals surface area contributed by atoms with Gasteiger partial charge in [0, 0.05) is 13.5 Å². The third kappa shape index (κ3) is 2.87. The molecule has 0 saturated carbocycles. The first-order valence-corrected chi connectivity index (χ1v) is 4.79. The molecule has 0 aromatic heterocycles. The van der Waals surface area contributed by atoms with Crippen molar-refractivity contribution in [3.8, 4) is 0 Å². The summed E-state index contributed by atoms with van der Waals surface area (Å²) in [4.78, 5) is 3.96. The topological polar surface area (TPSA) is 50.4 Å². The highest BCUT2D eigenvalue weighted by Crippen LogP contribution is 2.22. The van der Waals surface area contributed by atoms with Gasteiger partial charge in [-0.15, -0.1) is 0 Å². The summed E-state index contributed by atoms with van der Waals surface area (Å²) in [6, 6.07) is 5.44. The molecular formula is C9H11Cl2N3. The van der Waals surface area contributed by atoms with Crippen molar-refractivity contribution in [2.24, 2.45) is 10.8 Å². The number of hydrogen-bond donors (Lipinski definition) is 2. The molecule has 0 saturated heterocycles. The smallest absolute Gasteiger partial charge is 0.114 e. The number of nitrogens with one attached hydrogen (secondary N) is 1. The fourth-order valence-electron chi connectivity index (χ4n) is 1.04. The Hall–Kier alpha value is -0.770. The highest BCUT2D eigenvalue weighted by Gasteiger charge is 2.02. The molecule has 0 atom stereocenters. The van der Waals surface area contributed by atoms with Crippen LogP contribution in [-0.4, -0.2) is 12.9 Å². The van der Waals surface area contributed by atoms with Crippen molar-refractivity contribution >= 4 is 29.0 Å². The van der Waals surface area contributed by atoms with E-state index in [1.165, 1.54) is 0 Å². The van der Waals surface area contributed by atoms with E-state index in [-0.39, 0.29) is 0 Å². The maximum absolute atomic E-state index is 5.86. The average Bonchev–Trinajstić information content (AvgIpc) is 2.19. The van der Waals surface area contributed by atoms with Crippen LogP contribution in [0.15, 0.2) is 23.2 Å². The van der Waals surface area contributed by atoms with Gasteiger partial charge >= 0.3 is 0 Å². The molecule has 1 aromatic rings. The fraction of sp³-hybridized carbons (Fsp3) is 0.222. The molecule has 0 unspecified atom stereocenters. The van der Waals surface area contributed by atoms with Gasteiger partial charge in [0.15, 0.2) is 0 Å². The highest BCUT2D eigenvalue weighted by molar-refractivity contribution is 6.42. The van der Waals surface area contributed by atoms with Crippen LogP contribution >= 0.6 is 23.2 Å². The highest BCUT2D eigenvalue weighted by atomic mass is 35.5. The largest absolute Gasteiger partial charge is 0.312 e. The maximum atomic E-state index is 5.86. The average molecular weight is 232 g/mol. The van der Waals surface area contributed by atoms with Gasteiger partial charge in [-0.1, -0.05) is 29.3 Å². The summed E-state index contributed by atoms with van der Waals surface area (Å²) < 4.78 is 0. The van der Waals surface area contributed by atoms with Crippen molar-refractivity contribution in [3.63, 3.8) is 0 Å². The number of rotatable bonds is 2. The number of halogens is 2. The minimum atomic E-state index is 0.539. The van der Waals surface area contributed by atoms with E-state index in [4.69, 9.17) is 29.0 Å². The second kappa shape index (κ2) is 5.20. The molecule has 5 heteroatoms. The number of nitrogens with two attached hydrogens (primary N) is 1. The van der Waals surface area contributed by atoms with Crippen LogP contribution in [0.5, 0.6) is 0 Å². The van der Waals surface area contributed by atoms with Crippen molar-refractivity contribution in [1.29, 1.82) is 0 Å². The van der Waals surface area contributed by atoms with Crippen LogP contribution < -0.4 is 11.3 Å². The third-order valence-corrected chi connectivity index (χ3v) is 2.53. The molecule has 3 nitrogen and oxygen atoms in total. The minimum Gasteiger partial charge on any atom is -0.312 e. The van der Waals surface area contributed by atoms with Crippen LogP contribution in [0, 0.1) is 0 Å². The Kier molecular flexibility index (Phi) is 4.20. The monoisotopic (exact) mass is 231 g/mol. The Balaban J connectivity index is 2.82. The van der Waals surface area contributed by atoms with Gasteiger partial charge in [0.2, 0.25) is 0 Å². The first-order valence-electron chi connectivity index (χ1n) is 4.03. The fourth-order valence-corrected chi connectivity index (χ4v) is 1.36. The molecule has 0 aliphatic heterocycles. The van der Waals surface area contributed by atoms with E-state index in [0.717, 1.165) is 5.56 Å². The standard InChI is InChI=1S/C9H11Cl2N3/c1-13-9(14-12)5-6-2-3-7(10)8(11)4-6/h2-4H,5,12H2,1H3,(H,13,14). The van der Waals surface area contributed by atoms with Crippen molar-refractivity contribution in [3.05, 3.63) is 33.8 Å². The van der Waals surface area contributed by atoms with Crippen molar-refractivity contribution in [2.45, 2.75) is 6.42 Å². The first-order chi connectivity index (χ1) is 6.67. The molecule has 0 radical (unpaired) electrons. The van der Waals surface area contributed by atoms with Gasteiger partial charge in [0.1, 0.15) is 5.84 Å². The maximum Gasteiger partial charge on any atom is 0.114 e. The predicted molar refractivity (Wildman–Crippen MR) is 60.8 cm³/mol. The minimum absolute atomic E-state index is 0.539. The zero-order chi connectivity index (χ0) is 10.6. The first kappa shape index (κ1) is 11.3. The van der Waals surface area contributed by atoms with Crippen molar-refractivity contribution in [1.82, 2.24) is 5.43 Å². The number of amidine groups is 1.